The highest BCUT2D eigenvalue weighted by molar-refractivity contribution is 5.84. The summed E-state index contributed by atoms with van der Waals surface area (Å²) in [7, 11) is 1.31. The number of carboxylic acid groups (broad SMARTS) is 1. The normalized spacial score (nSPS) is 11.8. The lowest BCUT2D eigenvalue weighted by atomic mass is 10.3. The van der Waals surface area contributed by atoms with E-state index < -0.39 is 36.2 Å². The summed E-state index contributed by atoms with van der Waals surface area (Å²) in [5.41, 5.74) is 0. The zero-order valence-electron chi connectivity index (χ0n) is 10.4. The van der Waals surface area contributed by atoms with E-state index in [1.165, 1.54) is 20.0 Å². The fraction of sp³-hybridized carbons (Fsp3) is 0.333. The molecule has 1 unspecified atom stereocenters. The molecule has 5 nitrogen and oxygen atoms in total. The van der Waals surface area contributed by atoms with Gasteiger partial charge < -0.3 is 14.7 Å². The summed E-state index contributed by atoms with van der Waals surface area (Å²) in [4.78, 5) is 23.1. The van der Waals surface area contributed by atoms with Gasteiger partial charge in [-0.1, -0.05) is 0 Å². The van der Waals surface area contributed by atoms with Crippen LogP contribution in [-0.2, 0) is 9.59 Å². The number of amides is 1. The topological polar surface area (TPSA) is 66.8 Å². The lowest BCUT2D eigenvalue weighted by molar-refractivity contribution is -0.146. The predicted octanol–water partition coefficient (Wildman–Crippen LogP) is 1.28. The summed E-state index contributed by atoms with van der Waals surface area (Å²) in [6, 6.07) is 2.87. The lowest BCUT2D eigenvalue weighted by Crippen LogP contribution is -2.40. The molecule has 1 atom stereocenters. The standard InChI is InChI=1S/C12H13F2NO4/c1-7(12(18)15(2)6-11(16)17)19-8-3-4-9(13)10(14)5-8/h3-5,7H,6H2,1-2H3,(H,16,17). The Morgan fingerprint density at radius 1 is 1.37 bits per heavy atom. The molecule has 1 amide bonds. The number of hydrogen-bond donors (Lipinski definition) is 1. The summed E-state index contributed by atoms with van der Waals surface area (Å²) in [5.74, 6) is -3.85. The molecule has 1 aromatic carbocycles. The molecule has 0 aliphatic heterocycles. The zero-order valence-corrected chi connectivity index (χ0v) is 10.4. The Hall–Kier alpha value is -2.18. The second kappa shape index (κ2) is 6.12. The summed E-state index contributed by atoms with van der Waals surface area (Å²) >= 11 is 0. The fourth-order valence-corrected chi connectivity index (χ4v) is 1.40. The highest BCUT2D eigenvalue weighted by atomic mass is 19.2. The Bertz CT molecular complexity index is 493. The summed E-state index contributed by atoms with van der Waals surface area (Å²) in [6.07, 6.45) is -1.01. The molecule has 1 N–H and O–H groups in total. The Morgan fingerprint density at radius 2 is 2.00 bits per heavy atom. The molecular weight excluding hydrogens is 260 g/mol. The zero-order chi connectivity index (χ0) is 14.6. The maximum atomic E-state index is 12.9. The van der Waals surface area contributed by atoms with Gasteiger partial charge in [-0.2, -0.15) is 0 Å². The first-order chi connectivity index (χ1) is 8.81. The van der Waals surface area contributed by atoms with Gasteiger partial charge in [-0.3, -0.25) is 9.59 Å². The van der Waals surface area contributed by atoms with E-state index in [0.717, 1.165) is 17.0 Å². The number of nitrogens with zero attached hydrogens (tertiary/aromatic N) is 1. The van der Waals surface area contributed by atoms with Crippen LogP contribution in [-0.4, -0.2) is 41.6 Å². The van der Waals surface area contributed by atoms with Gasteiger partial charge in [0, 0.05) is 13.1 Å². The van der Waals surface area contributed by atoms with Crippen molar-refractivity contribution in [1.29, 1.82) is 0 Å². The monoisotopic (exact) mass is 273 g/mol. The van der Waals surface area contributed by atoms with E-state index >= 15 is 0 Å². The van der Waals surface area contributed by atoms with E-state index in [2.05, 4.69) is 0 Å². The van der Waals surface area contributed by atoms with E-state index in [-0.39, 0.29) is 5.75 Å². The van der Waals surface area contributed by atoms with E-state index in [9.17, 15) is 18.4 Å². The van der Waals surface area contributed by atoms with E-state index in [4.69, 9.17) is 9.84 Å². The first kappa shape index (κ1) is 14.9. The van der Waals surface area contributed by atoms with Crippen molar-refractivity contribution in [2.24, 2.45) is 0 Å². The maximum Gasteiger partial charge on any atom is 0.323 e. The summed E-state index contributed by atoms with van der Waals surface area (Å²) in [6.45, 7) is 0.923. The van der Waals surface area contributed by atoms with Gasteiger partial charge in [0.1, 0.15) is 12.3 Å². The van der Waals surface area contributed by atoms with Gasteiger partial charge in [-0.25, -0.2) is 8.78 Å². The van der Waals surface area contributed by atoms with Crippen LogP contribution in [0.5, 0.6) is 5.75 Å². The molecular formula is C12H13F2NO4. The number of likely N-dealkylation sites (N-methyl/N-ethyl adjacent to an activating group) is 1. The highest BCUT2D eigenvalue weighted by Gasteiger charge is 2.21. The van der Waals surface area contributed by atoms with Crippen LogP contribution in [0.15, 0.2) is 18.2 Å². The van der Waals surface area contributed by atoms with Gasteiger partial charge in [0.2, 0.25) is 0 Å². The molecule has 0 saturated carbocycles. The number of carbonyl (C=O) groups is 2. The third kappa shape index (κ3) is 4.20. The molecule has 0 spiro atoms. The number of halogens is 2. The largest absolute Gasteiger partial charge is 0.481 e. The Morgan fingerprint density at radius 3 is 2.53 bits per heavy atom. The molecule has 0 aliphatic carbocycles. The molecule has 0 saturated heterocycles. The van der Waals surface area contributed by atoms with Crippen LogP contribution in [0.3, 0.4) is 0 Å². The van der Waals surface area contributed by atoms with E-state index in [1.807, 2.05) is 0 Å². The number of ether oxygens (including phenoxy) is 1. The van der Waals surface area contributed by atoms with Gasteiger partial charge in [0.15, 0.2) is 17.7 Å². The van der Waals surface area contributed by atoms with Crippen LogP contribution in [0.1, 0.15) is 6.92 Å². The SMILES string of the molecule is CC(Oc1ccc(F)c(F)c1)C(=O)N(C)CC(=O)O. The fourth-order valence-electron chi connectivity index (χ4n) is 1.40. The number of rotatable bonds is 5. The Balaban J connectivity index is 2.68. The average molecular weight is 273 g/mol. The molecule has 104 valence electrons. The molecule has 0 radical (unpaired) electrons. The lowest BCUT2D eigenvalue weighted by Gasteiger charge is -2.20. The van der Waals surface area contributed by atoms with Crippen molar-refractivity contribution in [2.75, 3.05) is 13.6 Å². The molecule has 0 aromatic heterocycles. The van der Waals surface area contributed by atoms with Gasteiger partial charge in [0.05, 0.1) is 0 Å². The minimum Gasteiger partial charge on any atom is -0.481 e. The molecule has 0 bridgehead atoms. The number of carboxylic acids is 1. The van der Waals surface area contributed by atoms with Crippen LogP contribution < -0.4 is 4.74 Å². The first-order valence-electron chi connectivity index (χ1n) is 5.39. The molecule has 19 heavy (non-hydrogen) atoms. The summed E-state index contributed by atoms with van der Waals surface area (Å²) in [5, 5.41) is 8.55. The predicted molar refractivity (Wildman–Crippen MR) is 61.7 cm³/mol. The third-order valence-corrected chi connectivity index (χ3v) is 2.30. The van der Waals surface area contributed by atoms with Crippen LogP contribution >= 0.6 is 0 Å². The number of hydrogen-bond acceptors (Lipinski definition) is 3. The van der Waals surface area contributed by atoms with Gasteiger partial charge >= 0.3 is 5.97 Å². The molecule has 0 fully saturated rings. The number of benzene rings is 1. The van der Waals surface area contributed by atoms with E-state index in [1.54, 1.807) is 0 Å². The minimum atomic E-state index is -1.16. The van der Waals surface area contributed by atoms with Crippen LogP contribution in [0, 0.1) is 11.6 Å². The second-order valence-electron chi connectivity index (χ2n) is 3.92. The molecule has 0 aliphatic rings. The van der Waals surface area contributed by atoms with Crippen molar-refractivity contribution in [3.63, 3.8) is 0 Å². The van der Waals surface area contributed by atoms with Crippen molar-refractivity contribution in [3.05, 3.63) is 29.8 Å². The van der Waals surface area contributed by atoms with Crippen molar-refractivity contribution < 1.29 is 28.2 Å². The van der Waals surface area contributed by atoms with Crippen molar-refractivity contribution >= 4 is 11.9 Å². The smallest absolute Gasteiger partial charge is 0.323 e. The molecule has 0 heterocycles. The van der Waals surface area contributed by atoms with E-state index in [0.29, 0.717) is 0 Å². The molecule has 1 aromatic rings. The van der Waals surface area contributed by atoms with Crippen molar-refractivity contribution in [1.82, 2.24) is 4.90 Å². The quantitative estimate of drug-likeness (QED) is 0.877. The van der Waals surface area contributed by atoms with Gasteiger partial charge in [-0.05, 0) is 19.1 Å². The van der Waals surface area contributed by atoms with Gasteiger partial charge in [-0.15, -0.1) is 0 Å². The highest BCUT2D eigenvalue weighted by Crippen LogP contribution is 2.17. The first-order valence-corrected chi connectivity index (χ1v) is 5.39. The molecule has 1 rings (SSSR count). The average Bonchev–Trinajstić information content (AvgIpc) is 2.32. The number of aliphatic carboxylic acids is 1. The van der Waals surface area contributed by atoms with Crippen LogP contribution in [0.2, 0.25) is 0 Å². The van der Waals surface area contributed by atoms with Crippen LogP contribution in [0.4, 0.5) is 8.78 Å². The molecule has 7 heteroatoms. The summed E-state index contributed by atoms with van der Waals surface area (Å²) < 4.78 is 30.8. The van der Waals surface area contributed by atoms with Crippen molar-refractivity contribution in [3.8, 4) is 5.75 Å². The van der Waals surface area contributed by atoms with Crippen LogP contribution in [0.25, 0.3) is 0 Å². The number of carbonyl (C=O) groups excluding carboxylic acids is 1. The van der Waals surface area contributed by atoms with Gasteiger partial charge in [0.25, 0.3) is 5.91 Å². The minimum absolute atomic E-state index is 0.0107. The second-order valence-corrected chi connectivity index (χ2v) is 3.92. The Kier molecular flexibility index (Phi) is 4.80. The maximum absolute atomic E-state index is 12.9. The third-order valence-electron chi connectivity index (χ3n) is 2.30. The van der Waals surface area contributed by atoms with Crippen molar-refractivity contribution in [2.45, 2.75) is 13.0 Å². The Labute approximate surface area is 108 Å².